The molecule has 3 nitrogen and oxygen atoms in total. The summed E-state index contributed by atoms with van der Waals surface area (Å²) in [7, 11) is 3.82. The lowest BCUT2D eigenvalue weighted by Crippen LogP contribution is -2.41. The van der Waals surface area contributed by atoms with Crippen LogP contribution in [0, 0.1) is 17.8 Å². The number of carbonyl (C=O) groups is 1. The zero-order valence-corrected chi connectivity index (χ0v) is 12.6. The topological polar surface area (TPSA) is 29.5 Å². The Morgan fingerprint density at radius 2 is 2.06 bits per heavy atom. The van der Waals surface area contributed by atoms with Crippen molar-refractivity contribution in [3.05, 3.63) is 0 Å². The SMILES string of the molecule is COCC(C)N(C)CC1CC(C(C)C)CCC1=O. The van der Waals surface area contributed by atoms with Crippen LogP contribution in [0.2, 0.25) is 0 Å². The van der Waals surface area contributed by atoms with Crippen LogP contribution >= 0.6 is 0 Å². The smallest absolute Gasteiger partial charge is 0.137 e. The number of rotatable bonds is 6. The van der Waals surface area contributed by atoms with Crippen molar-refractivity contribution in [3.8, 4) is 0 Å². The molecule has 0 heterocycles. The van der Waals surface area contributed by atoms with E-state index in [0.717, 1.165) is 38.3 Å². The number of hydrogen-bond acceptors (Lipinski definition) is 3. The van der Waals surface area contributed by atoms with E-state index in [2.05, 4.69) is 32.7 Å². The average Bonchev–Trinajstić information content (AvgIpc) is 2.31. The van der Waals surface area contributed by atoms with Gasteiger partial charge in [-0.25, -0.2) is 0 Å². The van der Waals surface area contributed by atoms with E-state index >= 15 is 0 Å². The molecule has 3 atom stereocenters. The van der Waals surface area contributed by atoms with E-state index in [1.54, 1.807) is 7.11 Å². The molecule has 0 amide bonds. The van der Waals surface area contributed by atoms with E-state index in [4.69, 9.17) is 4.74 Å². The van der Waals surface area contributed by atoms with E-state index < -0.39 is 0 Å². The van der Waals surface area contributed by atoms with Crippen LogP contribution in [0.5, 0.6) is 0 Å². The van der Waals surface area contributed by atoms with Crippen molar-refractivity contribution in [1.29, 1.82) is 0 Å². The summed E-state index contributed by atoms with van der Waals surface area (Å²) in [6.07, 6.45) is 2.94. The predicted octanol–water partition coefficient (Wildman–Crippen LogP) is 2.59. The summed E-state index contributed by atoms with van der Waals surface area (Å²) in [4.78, 5) is 14.3. The molecular weight excluding hydrogens is 226 g/mol. The van der Waals surface area contributed by atoms with Crippen molar-refractivity contribution in [2.24, 2.45) is 17.8 Å². The summed E-state index contributed by atoms with van der Waals surface area (Å²) in [5, 5.41) is 0. The van der Waals surface area contributed by atoms with Gasteiger partial charge in [-0.2, -0.15) is 0 Å². The van der Waals surface area contributed by atoms with E-state index in [1.807, 2.05) is 0 Å². The van der Waals surface area contributed by atoms with E-state index in [0.29, 0.717) is 17.7 Å². The summed E-state index contributed by atoms with van der Waals surface area (Å²) in [6.45, 7) is 8.30. The first kappa shape index (κ1) is 15.6. The van der Waals surface area contributed by atoms with Crippen LogP contribution in [-0.2, 0) is 9.53 Å². The lowest BCUT2D eigenvalue weighted by atomic mass is 9.75. The molecule has 1 rings (SSSR count). The zero-order valence-electron chi connectivity index (χ0n) is 12.6. The summed E-state index contributed by atoms with van der Waals surface area (Å²) in [6, 6.07) is 0.377. The molecule has 0 aliphatic heterocycles. The molecule has 18 heavy (non-hydrogen) atoms. The maximum absolute atomic E-state index is 12.0. The molecule has 0 radical (unpaired) electrons. The van der Waals surface area contributed by atoms with E-state index in [9.17, 15) is 4.79 Å². The van der Waals surface area contributed by atoms with Crippen LogP contribution in [0.1, 0.15) is 40.0 Å². The summed E-state index contributed by atoms with van der Waals surface area (Å²) < 4.78 is 5.17. The zero-order chi connectivity index (χ0) is 13.7. The number of Topliss-reactive ketones (excluding diaryl/α,β-unsaturated/α-hetero) is 1. The first-order valence-corrected chi connectivity index (χ1v) is 7.17. The fraction of sp³-hybridized carbons (Fsp3) is 0.933. The first-order chi connectivity index (χ1) is 8.45. The number of carbonyl (C=O) groups excluding carboxylic acids is 1. The van der Waals surface area contributed by atoms with Gasteiger partial charge in [0.05, 0.1) is 6.61 Å². The number of ether oxygens (including phenoxy) is 1. The number of ketones is 1. The van der Waals surface area contributed by atoms with E-state index in [-0.39, 0.29) is 5.92 Å². The quantitative estimate of drug-likeness (QED) is 0.730. The maximum Gasteiger partial charge on any atom is 0.137 e. The Kier molecular flexibility index (Phi) is 6.30. The third-order valence-electron chi connectivity index (χ3n) is 4.42. The molecule has 1 aliphatic carbocycles. The Morgan fingerprint density at radius 3 is 2.61 bits per heavy atom. The highest BCUT2D eigenvalue weighted by Crippen LogP contribution is 2.32. The van der Waals surface area contributed by atoms with Crippen molar-refractivity contribution in [1.82, 2.24) is 4.90 Å². The highest BCUT2D eigenvalue weighted by Gasteiger charge is 2.31. The summed E-state index contributed by atoms with van der Waals surface area (Å²) in [5.41, 5.74) is 0. The molecule has 0 bridgehead atoms. The Bertz CT molecular complexity index is 265. The monoisotopic (exact) mass is 255 g/mol. The molecule has 3 heteroatoms. The molecule has 1 aliphatic rings. The van der Waals surface area contributed by atoms with E-state index in [1.165, 1.54) is 0 Å². The number of nitrogens with zero attached hydrogens (tertiary/aromatic N) is 1. The molecule has 0 N–H and O–H groups in total. The molecule has 0 aromatic heterocycles. The van der Waals surface area contributed by atoms with Crippen LogP contribution in [0.25, 0.3) is 0 Å². The van der Waals surface area contributed by atoms with Crippen molar-refractivity contribution < 1.29 is 9.53 Å². The molecule has 0 spiro atoms. The van der Waals surface area contributed by atoms with Gasteiger partial charge in [0.25, 0.3) is 0 Å². The van der Waals surface area contributed by atoms with Crippen LogP contribution in [-0.4, -0.2) is 44.0 Å². The molecule has 106 valence electrons. The fourth-order valence-electron chi connectivity index (χ4n) is 2.82. The second-order valence-electron chi connectivity index (χ2n) is 6.19. The normalized spacial score (nSPS) is 26.9. The van der Waals surface area contributed by atoms with Gasteiger partial charge in [0.2, 0.25) is 0 Å². The van der Waals surface area contributed by atoms with Crippen molar-refractivity contribution in [3.63, 3.8) is 0 Å². The van der Waals surface area contributed by atoms with Gasteiger partial charge in [-0.1, -0.05) is 13.8 Å². The minimum absolute atomic E-state index is 0.232. The van der Waals surface area contributed by atoms with Crippen LogP contribution in [0.3, 0.4) is 0 Å². The number of methoxy groups -OCH3 is 1. The van der Waals surface area contributed by atoms with Crippen LogP contribution in [0.15, 0.2) is 0 Å². The number of hydrogen-bond donors (Lipinski definition) is 0. The summed E-state index contributed by atoms with van der Waals surface area (Å²) in [5.74, 6) is 2.11. The predicted molar refractivity (Wildman–Crippen MR) is 74.6 cm³/mol. The van der Waals surface area contributed by atoms with Gasteiger partial charge in [0.15, 0.2) is 0 Å². The van der Waals surface area contributed by atoms with Gasteiger partial charge >= 0.3 is 0 Å². The van der Waals surface area contributed by atoms with Crippen molar-refractivity contribution in [2.75, 3.05) is 27.3 Å². The third-order valence-corrected chi connectivity index (χ3v) is 4.42. The Hall–Kier alpha value is -0.410. The highest BCUT2D eigenvalue weighted by molar-refractivity contribution is 5.82. The second kappa shape index (κ2) is 7.25. The van der Waals surface area contributed by atoms with Crippen LogP contribution in [0.4, 0.5) is 0 Å². The first-order valence-electron chi connectivity index (χ1n) is 7.17. The average molecular weight is 255 g/mol. The Morgan fingerprint density at radius 1 is 1.39 bits per heavy atom. The van der Waals surface area contributed by atoms with Gasteiger partial charge in [0, 0.05) is 32.0 Å². The standard InChI is InChI=1S/C15H29NO2/c1-11(2)13-6-7-15(17)14(8-13)9-16(4)12(3)10-18-5/h11-14H,6-10H2,1-5H3. The lowest BCUT2D eigenvalue weighted by molar-refractivity contribution is -0.126. The third kappa shape index (κ3) is 4.36. The Balaban J connectivity index is 2.50. The molecule has 0 saturated heterocycles. The Labute approximate surface area is 112 Å². The molecule has 1 saturated carbocycles. The largest absolute Gasteiger partial charge is 0.383 e. The molecule has 3 unspecified atom stereocenters. The van der Waals surface area contributed by atoms with Gasteiger partial charge in [-0.05, 0) is 38.6 Å². The number of likely N-dealkylation sites (N-methyl/N-ethyl adjacent to an activating group) is 1. The van der Waals surface area contributed by atoms with Gasteiger partial charge in [-0.15, -0.1) is 0 Å². The molecular formula is C15H29NO2. The molecule has 1 fully saturated rings. The molecule has 0 aromatic rings. The maximum atomic E-state index is 12.0. The second-order valence-corrected chi connectivity index (χ2v) is 6.19. The van der Waals surface area contributed by atoms with Gasteiger partial charge < -0.3 is 9.64 Å². The van der Waals surface area contributed by atoms with Gasteiger partial charge in [0.1, 0.15) is 5.78 Å². The minimum Gasteiger partial charge on any atom is -0.383 e. The fourth-order valence-corrected chi connectivity index (χ4v) is 2.82. The van der Waals surface area contributed by atoms with Crippen molar-refractivity contribution >= 4 is 5.78 Å². The summed E-state index contributed by atoms with van der Waals surface area (Å²) >= 11 is 0. The lowest BCUT2D eigenvalue weighted by Gasteiger charge is -2.34. The molecule has 0 aromatic carbocycles. The van der Waals surface area contributed by atoms with Gasteiger partial charge in [-0.3, -0.25) is 4.79 Å². The minimum atomic E-state index is 0.232. The van der Waals surface area contributed by atoms with Crippen LogP contribution < -0.4 is 0 Å². The van der Waals surface area contributed by atoms with Crippen molar-refractivity contribution in [2.45, 2.75) is 46.1 Å². The highest BCUT2D eigenvalue weighted by atomic mass is 16.5.